The van der Waals surface area contributed by atoms with E-state index in [4.69, 9.17) is 11.6 Å². The van der Waals surface area contributed by atoms with Crippen LogP contribution in [0.15, 0.2) is 53.4 Å². The number of amides is 1. The van der Waals surface area contributed by atoms with Gasteiger partial charge in [-0.05, 0) is 44.2 Å². The van der Waals surface area contributed by atoms with E-state index in [0.29, 0.717) is 18.7 Å². The van der Waals surface area contributed by atoms with Crippen molar-refractivity contribution in [1.82, 2.24) is 4.90 Å². The maximum atomic E-state index is 12.3. The van der Waals surface area contributed by atoms with Gasteiger partial charge in [0.25, 0.3) is 15.9 Å². The lowest BCUT2D eigenvalue weighted by molar-refractivity contribution is 0.0773. The summed E-state index contributed by atoms with van der Waals surface area (Å²) in [6, 6.07) is 12.5. The van der Waals surface area contributed by atoms with Gasteiger partial charge in [-0.3, -0.25) is 9.52 Å². The number of rotatable bonds is 6. The molecule has 1 amide bonds. The van der Waals surface area contributed by atoms with Crippen molar-refractivity contribution in [2.24, 2.45) is 0 Å². The molecule has 0 saturated heterocycles. The van der Waals surface area contributed by atoms with Crippen LogP contribution in [0.1, 0.15) is 24.2 Å². The Morgan fingerprint density at radius 2 is 1.71 bits per heavy atom. The number of carbonyl (C=O) groups is 1. The molecule has 0 aliphatic carbocycles. The van der Waals surface area contributed by atoms with Crippen LogP contribution in [0.4, 0.5) is 5.69 Å². The van der Waals surface area contributed by atoms with Crippen LogP contribution in [0.2, 0.25) is 5.02 Å². The Morgan fingerprint density at radius 3 is 2.25 bits per heavy atom. The molecular formula is C17H19ClN2O3S. The van der Waals surface area contributed by atoms with Gasteiger partial charge in [-0.25, -0.2) is 8.42 Å². The third-order valence-electron chi connectivity index (χ3n) is 3.56. The van der Waals surface area contributed by atoms with Crippen LogP contribution in [-0.2, 0) is 10.0 Å². The maximum absolute atomic E-state index is 12.3. The Balaban J connectivity index is 2.26. The zero-order valence-corrected chi connectivity index (χ0v) is 15.1. The Bertz CT molecular complexity index is 819. The molecule has 2 aromatic carbocycles. The number of sulfonamides is 1. The fourth-order valence-corrected chi connectivity index (χ4v) is 3.61. The largest absolute Gasteiger partial charge is 0.339 e. The second kappa shape index (κ2) is 7.68. The van der Waals surface area contributed by atoms with Crippen molar-refractivity contribution in [3.63, 3.8) is 0 Å². The lowest BCUT2D eigenvalue weighted by Crippen LogP contribution is -2.30. The number of carbonyl (C=O) groups excluding carboxylic acids is 1. The molecule has 0 heterocycles. The summed E-state index contributed by atoms with van der Waals surface area (Å²) in [5, 5.41) is 0.174. The zero-order valence-electron chi connectivity index (χ0n) is 13.5. The molecule has 5 nitrogen and oxygen atoms in total. The van der Waals surface area contributed by atoms with Crippen molar-refractivity contribution in [3.8, 4) is 0 Å². The molecule has 0 unspecified atom stereocenters. The fraction of sp³-hybridized carbons (Fsp3) is 0.235. The van der Waals surface area contributed by atoms with E-state index in [1.165, 1.54) is 24.3 Å². The Morgan fingerprint density at radius 1 is 1.08 bits per heavy atom. The third-order valence-corrected chi connectivity index (χ3v) is 5.26. The van der Waals surface area contributed by atoms with Crippen molar-refractivity contribution in [2.45, 2.75) is 18.7 Å². The van der Waals surface area contributed by atoms with Crippen LogP contribution in [0.5, 0.6) is 0 Å². The first-order valence-electron chi connectivity index (χ1n) is 7.55. The van der Waals surface area contributed by atoms with Gasteiger partial charge in [-0.15, -0.1) is 0 Å². The first-order chi connectivity index (χ1) is 11.4. The number of nitrogens with zero attached hydrogens (tertiary/aromatic N) is 1. The molecule has 2 aromatic rings. The van der Waals surface area contributed by atoms with Gasteiger partial charge in [-0.2, -0.15) is 0 Å². The second-order valence-electron chi connectivity index (χ2n) is 5.09. The van der Waals surface area contributed by atoms with Crippen LogP contribution >= 0.6 is 11.6 Å². The Hall–Kier alpha value is -2.05. The number of hydrogen-bond acceptors (Lipinski definition) is 3. The summed E-state index contributed by atoms with van der Waals surface area (Å²) in [5.41, 5.74) is 0.656. The van der Waals surface area contributed by atoms with Crippen LogP contribution in [0.3, 0.4) is 0 Å². The molecule has 0 atom stereocenters. The van der Waals surface area contributed by atoms with E-state index in [9.17, 15) is 13.2 Å². The molecule has 128 valence electrons. The smallest absolute Gasteiger partial charge is 0.261 e. The van der Waals surface area contributed by atoms with Gasteiger partial charge in [0.1, 0.15) is 0 Å². The van der Waals surface area contributed by atoms with Crippen molar-refractivity contribution < 1.29 is 13.2 Å². The number of halogens is 1. The van der Waals surface area contributed by atoms with Crippen LogP contribution in [0.25, 0.3) is 0 Å². The van der Waals surface area contributed by atoms with Crippen molar-refractivity contribution in [3.05, 3.63) is 59.1 Å². The molecule has 0 aliphatic heterocycles. The highest BCUT2D eigenvalue weighted by Gasteiger charge is 2.18. The molecule has 0 radical (unpaired) electrons. The third kappa shape index (κ3) is 4.07. The average Bonchev–Trinajstić information content (AvgIpc) is 2.58. The summed E-state index contributed by atoms with van der Waals surface area (Å²) in [5.74, 6) is -0.139. The second-order valence-corrected chi connectivity index (χ2v) is 7.18. The zero-order chi connectivity index (χ0) is 17.7. The summed E-state index contributed by atoms with van der Waals surface area (Å²) in [7, 11) is -3.72. The van der Waals surface area contributed by atoms with Gasteiger partial charge < -0.3 is 4.90 Å². The highest BCUT2D eigenvalue weighted by molar-refractivity contribution is 7.92. The minimum Gasteiger partial charge on any atom is -0.339 e. The predicted molar refractivity (Wildman–Crippen MR) is 96.0 cm³/mol. The van der Waals surface area contributed by atoms with E-state index in [0.717, 1.165) is 0 Å². The number of benzene rings is 2. The Labute approximate surface area is 147 Å². The van der Waals surface area contributed by atoms with Crippen molar-refractivity contribution in [1.29, 1.82) is 0 Å². The minimum atomic E-state index is -3.72. The van der Waals surface area contributed by atoms with Gasteiger partial charge in [0.2, 0.25) is 0 Å². The van der Waals surface area contributed by atoms with Crippen molar-refractivity contribution >= 4 is 33.2 Å². The number of anilines is 1. The SMILES string of the molecule is CCN(CC)C(=O)c1ccc(NS(=O)(=O)c2ccccc2)c(Cl)c1. The summed E-state index contributed by atoms with van der Waals surface area (Å²) in [6.45, 7) is 4.97. The highest BCUT2D eigenvalue weighted by Crippen LogP contribution is 2.26. The van der Waals surface area contributed by atoms with Gasteiger partial charge in [-0.1, -0.05) is 29.8 Å². The normalized spacial score (nSPS) is 11.1. The van der Waals surface area contributed by atoms with Gasteiger partial charge in [0.15, 0.2) is 0 Å². The average molecular weight is 367 g/mol. The molecule has 0 bridgehead atoms. The summed E-state index contributed by atoms with van der Waals surface area (Å²) in [6.07, 6.45) is 0. The minimum absolute atomic E-state index is 0.139. The standard InChI is InChI=1S/C17H19ClN2O3S/c1-3-20(4-2)17(21)13-10-11-16(15(18)12-13)19-24(22,23)14-8-6-5-7-9-14/h5-12,19H,3-4H2,1-2H3. The van der Waals surface area contributed by atoms with Crippen LogP contribution in [-0.4, -0.2) is 32.3 Å². The molecule has 0 saturated carbocycles. The van der Waals surface area contributed by atoms with E-state index >= 15 is 0 Å². The molecule has 1 N–H and O–H groups in total. The molecule has 2 rings (SSSR count). The van der Waals surface area contributed by atoms with Gasteiger partial charge in [0.05, 0.1) is 15.6 Å². The molecule has 24 heavy (non-hydrogen) atoms. The number of hydrogen-bond donors (Lipinski definition) is 1. The van der Waals surface area contributed by atoms with E-state index in [2.05, 4.69) is 4.72 Å². The first-order valence-corrected chi connectivity index (χ1v) is 9.41. The van der Waals surface area contributed by atoms with Crippen LogP contribution in [0, 0.1) is 0 Å². The number of nitrogens with one attached hydrogen (secondary N) is 1. The summed E-state index contributed by atoms with van der Waals surface area (Å²) in [4.78, 5) is 14.1. The highest BCUT2D eigenvalue weighted by atomic mass is 35.5. The molecular weight excluding hydrogens is 348 g/mol. The maximum Gasteiger partial charge on any atom is 0.261 e. The molecule has 0 spiro atoms. The van der Waals surface area contributed by atoms with Gasteiger partial charge >= 0.3 is 0 Å². The van der Waals surface area contributed by atoms with E-state index in [1.54, 1.807) is 29.2 Å². The quantitative estimate of drug-likeness (QED) is 0.849. The lowest BCUT2D eigenvalue weighted by Gasteiger charge is -2.19. The van der Waals surface area contributed by atoms with Crippen molar-refractivity contribution in [2.75, 3.05) is 17.8 Å². The lowest BCUT2D eigenvalue weighted by atomic mass is 10.2. The predicted octanol–water partition coefficient (Wildman–Crippen LogP) is 3.62. The first kappa shape index (κ1) is 18.3. The molecule has 0 aromatic heterocycles. The summed E-state index contributed by atoms with van der Waals surface area (Å²) >= 11 is 6.16. The monoisotopic (exact) mass is 366 g/mol. The fourth-order valence-electron chi connectivity index (χ4n) is 2.23. The van der Waals surface area contributed by atoms with E-state index < -0.39 is 10.0 Å². The van der Waals surface area contributed by atoms with E-state index in [-0.39, 0.29) is 21.5 Å². The van der Waals surface area contributed by atoms with E-state index in [1.807, 2.05) is 13.8 Å². The van der Waals surface area contributed by atoms with Crippen LogP contribution < -0.4 is 4.72 Å². The topological polar surface area (TPSA) is 66.5 Å². The Kier molecular flexibility index (Phi) is 5.85. The molecule has 0 aliphatic rings. The molecule has 7 heteroatoms. The molecule has 0 fully saturated rings. The van der Waals surface area contributed by atoms with Gasteiger partial charge in [0, 0.05) is 18.7 Å². The summed E-state index contributed by atoms with van der Waals surface area (Å²) < 4.78 is 27.1.